The monoisotopic (exact) mass is 278 g/mol. The van der Waals surface area contributed by atoms with Crippen LogP contribution in [0.15, 0.2) is 18.3 Å². The van der Waals surface area contributed by atoms with Crippen molar-refractivity contribution < 1.29 is 4.74 Å². The highest BCUT2D eigenvalue weighted by Gasteiger charge is 2.17. The van der Waals surface area contributed by atoms with Gasteiger partial charge < -0.3 is 15.4 Å². The van der Waals surface area contributed by atoms with E-state index in [-0.39, 0.29) is 0 Å². The van der Waals surface area contributed by atoms with Gasteiger partial charge in [0.2, 0.25) is 0 Å². The first-order chi connectivity index (χ1) is 9.65. The van der Waals surface area contributed by atoms with Crippen molar-refractivity contribution in [1.29, 1.82) is 0 Å². The number of aromatic nitrogens is 1. The highest BCUT2D eigenvalue weighted by Crippen LogP contribution is 2.14. The molecule has 5 nitrogen and oxygen atoms in total. The molecule has 0 aliphatic carbocycles. The molecular formula is C15H26N4O. The van der Waals surface area contributed by atoms with Crippen molar-refractivity contribution in [3.63, 3.8) is 0 Å². The van der Waals surface area contributed by atoms with Crippen molar-refractivity contribution in [2.75, 3.05) is 56.6 Å². The minimum Gasteiger partial charge on any atom is -0.397 e. The molecule has 0 saturated carbocycles. The van der Waals surface area contributed by atoms with Crippen LogP contribution in [0.4, 0.5) is 11.5 Å². The summed E-state index contributed by atoms with van der Waals surface area (Å²) in [5, 5.41) is 0. The second-order valence-electron chi connectivity index (χ2n) is 5.75. The number of nitrogen functional groups attached to an aromatic ring is 1. The summed E-state index contributed by atoms with van der Waals surface area (Å²) in [6.45, 7) is 11.2. The topological polar surface area (TPSA) is 54.6 Å². The van der Waals surface area contributed by atoms with Crippen LogP contribution in [0.5, 0.6) is 0 Å². The Hall–Kier alpha value is -1.33. The van der Waals surface area contributed by atoms with Gasteiger partial charge in [0.15, 0.2) is 0 Å². The van der Waals surface area contributed by atoms with Crippen molar-refractivity contribution in [1.82, 2.24) is 9.88 Å². The van der Waals surface area contributed by atoms with Crippen LogP contribution in [-0.4, -0.2) is 55.8 Å². The third-order valence-corrected chi connectivity index (χ3v) is 3.47. The minimum atomic E-state index is 0.614. The lowest BCUT2D eigenvalue weighted by atomic mass is 10.2. The van der Waals surface area contributed by atoms with Crippen LogP contribution in [0.2, 0.25) is 0 Å². The Morgan fingerprint density at radius 1 is 1.25 bits per heavy atom. The van der Waals surface area contributed by atoms with E-state index in [1.807, 2.05) is 12.1 Å². The summed E-state index contributed by atoms with van der Waals surface area (Å²) in [5.41, 5.74) is 6.38. The van der Waals surface area contributed by atoms with Gasteiger partial charge in [-0.15, -0.1) is 0 Å². The molecule has 2 rings (SSSR count). The summed E-state index contributed by atoms with van der Waals surface area (Å²) in [5.74, 6) is 1.64. The van der Waals surface area contributed by atoms with E-state index < -0.39 is 0 Å². The second kappa shape index (κ2) is 7.45. The zero-order valence-corrected chi connectivity index (χ0v) is 12.6. The number of anilines is 2. The predicted molar refractivity (Wildman–Crippen MR) is 83.0 cm³/mol. The van der Waals surface area contributed by atoms with Crippen LogP contribution in [0.1, 0.15) is 13.8 Å². The van der Waals surface area contributed by atoms with Crippen molar-refractivity contribution in [3.05, 3.63) is 18.3 Å². The fraction of sp³-hybridized carbons (Fsp3) is 0.667. The van der Waals surface area contributed by atoms with Gasteiger partial charge in [0.1, 0.15) is 5.82 Å². The van der Waals surface area contributed by atoms with Gasteiger partial charge in [-0.25, -0.2) is 4.98 Å². The normalized spacial score (nSPS) is 16.9. The van der Waals surface area contributed by atoms with Gasteiger partial charge in [-0.1, -0.05) is 13.8 Å². The fourth-order valence-electron chi connectivity index (χ4n) is 2.30. The number of nitrogens with zero attached hydrogens (tertiary/aromatic N) is 3. The molecule has 1 fully saturated rings. The van der Waals surface area contributed by atoms with Crippen LogP contribution in [0.25, 0.3) is 0 Å². The Morgan fingerprint density at radius 2 is 2.00 bits per heavy atom. The highest BCUT2D eigenvalue weighted by atomic mass is 16.5. The molecule has 1 aromatic heterocycles. The number of ether oxygens (including phenoxy) is 1. The second-order valence-corrected chi connectivity index (χ2v) is 5.75. The molecule has 0 atom stereocenters. The number of hydrogen-bond donors (Lipinski definition) is 1. The van der Waals surface area contributed by atoms with Gasteiger partial charge in [0.05, 0.1) is 18.5 Å². The molecule has 0 unspecified atom stereocenters. The van der Waals surface area contributed by atoms with E-state index in [1.165, 1.54) is 0 Å². The third kappa shape index (κ3) is 4.65. The Labute approximate surface area is 121 Å². The van der Waals surface area contributed by atoms with E-state index in [9.17, 15) is 0 Å². The molecule has 5 heteroatoms. The van der Waals surface area contributed by atoms with Crippen LogP contribution >= 0.6 is 0 Å². The van der Waals surface area contributed by atoms with Crippen LogP contribution < -0.4 is 10.6 Å². The molecule has 2 heterocycles. The SMILES string of the molecule is CC(C)COCCN1CCN(c2ccc(N)cn2)CC1. The first-order valence-electron chi connectivity index (χ1n) is 7.41. The zero-order chi connectivity index (χ0) is 14.4. The van der Waals surface area contributed by atoms with Crippen molar-refractivity contribution in [2.24, 2.45) is 5.92 Å². The first-order valence-corrected chi connectivity index (χ1v) is 7.41. The Morgan fingerprint density at radius 3 is 2.60 bits per heavy atom. The van der Waals surface area contributed by atoms with Gasteiger partial charge in [-0.3, -0.25) is 4.90 Å². The molecule has 20 heavy (non-hydrogen) atoms. The summed E-state index contributed by atoms with van der Waals surface area (Å²) in [6, 6.07) is 3.91. The average Bonchev–Trinajstić information content (AvgIpc) is 2.45. The van der Waals surface area contributed by atoms with Crippen LogP contribution in [-0.2, 0) is 4.74 Å². The van der Waals surface area contributed by atoms with Gasteiger partial charge in [0, 0.05) is 39.3 Å². The number of nitrogens with two attached hydrogens (primary N) is 1. The minimum absolute atomic E-state index is 0.614. The molecule has 0 aromatic carbocycles. The summed E-state index contributed by atoms with van der Waals surface area (Å²) in [7, 11) is 0. The number of pyridine rings is 1. The smallest absolute Gasteiger partial charge is 0.128 e. The molecule has 0 bridgehead atoms. The Bertz CT molecular complexity index is 385. The lowest BCUT2D eigenvalue weighted by Crippen LogP contribution is -2.47. The van der Waals surface area contributed by atoms with Crippen LogP contribution in [0, 0.1) is 5.92 Å². The number of hydrogen-bond acceptors (Lipinski definition) is 5. The number of piperazine rings is 1. The highest BCUT2D eigenvalue weighted by molar-refractivity contribution is 5.46. The molecule has 1 aromatic rings. The van der Waals surface area contributed by atoms with Gasteiger partial charge in [-0.2, -0.15) is 0 Å². The van der Waals surface area contributed by atoms with Gasteiger partial charge >= 0.3 is 0 Å². The Kier molecular flexibility index (Phi) is 5.61. The molecule has 2 N–H and O–H groups in total. The molecular weight excluding hydrogens is 252 g/mol. The van der Waals surface area contributed by atoms with Crippen LogP contribution in [0.3, 0.4) is 0 Å². The summed E-state index contributed by atoms with van der Waals surface area (Å²) in [6.07, 6.45) is 1.72. The molecule has 1 aliphatic heterocycles. The largest absolute Gasteiger partial charge is 0.397 e. The van der Waals surface area contributed by atoms with E-state index in [2.05, 4.69) is 28.6 Å². The van der Waals surface area contributed by atoms with E-state index in [4.69, 9.17) is 10.5 Å². The molecule has 0 radical (unpaired) electrons. The predicted octanol–water partition coefficient (Wildman–Crippen LogP) is 1.46. The zero-order valence-electron chi connectivity index (χ0n) is 12.6. The van der Waals surface area contributed by atoms with Gasteiger partial charge in [0.25, 0.3) is 0 Å². The maximum Gasteiger partial charge on any atom is 0.128 e. The van der Waals surface area contributed by atoms with Crippen molar-refractivity contribution >= 4 is 11.5 Å². The molecule has 1 aliphatic rings. The summed E-state index contributed by atoms with van der Waals surface area (Å²) in [4.78, 5) is 9.14. The molecule has 112 valence electrons. The van der Waals surface area contributed by atoms with Crippen molar-refractivity contribution in [2.45, 2.75) is 13.8 Å². The lowest BCUT2D eigenvalue weighted by molar-refractivity contribution is 0.0838. The standard InChI is InChI=1S/C15H26N4O/c1-13(2)12-20-10-9-18-5-7-19(8-6-18)15-4-3-14(16)11-17-15/h3-4,11,13H,5-10,12,16H2,1-2H3. The fourth-order valence-corrected chi connectivity index (χ4v) is 2.30. The van der Waals surface area contributed by atoms with Crippen molar-refractivity contribution in [3.8, 4) is 0 Å². The molecule has 0 spiro atoms. The maximum atomic E-state index is 5.66. The van der Waals surface area contributed by atoms with E-state index in [1.54, 1.807) is 6.20 Å². The first kappa shape index (κ1) is 15.1. The lowest BCUT2D eigenvalue weighted by Gasteiger charge is -2.35. The average molecular weight is 278 g/mol. The number of rotatable bonds is 6. The van der Waals surface area contributed by atoms with E-state index >= 15 is 0 Å². The van der Waals surface area contributed by atoms with E-state index in [0.29, 0.717) is 5.92 Å². The quantitative estimate of drug-likeness (QED) is 0.798. The Balaban J connectivity index is 1.68. The molecule has 1 saturated heterocycles. The summed E-state index contributed by atoms with van der Waals surface area (Å²) >= 11 is 0. The third-order valence-electron chi connectivity index (χ3n) is 3.47. The summed E-state index contributed by atoms with van der Waals surface area (Å²) < 4.78 is 5.64. The molecule has 0 amide bonds. The van der Waals surface area contributed by atoms with Gasteiger partial charge in [-0.05, 0) is 18.1 Å². The maximum absolute atomic E-state index is 5.66. The van der Waals surface area contributed by atoms with E-state index in [0.717, 1.165) is 57.4 Å².